The molecule has 8 heteroatoms. The van der Waals surface area contributed by atoms with Gasteiger partial charge in [0, 0.05) is 18.7 Å². The highest BCUT2D eigenvalue weighted by molar-refractivity contribution is 5.37. The quantitative estimate of drug-likeness (QED) is 0.685. The molecule has 0 spiro atoms. The molecule has 0 unspecified atom stereocenters. The molecule has 0 aliphatic heterocycles. The first-order chi connectivity index (χ1) is 12.2. The van der Waals surface area contributed by atoms with Gasteiger partial charge in [0.1, 0.15) is 18.1 Å². The molecule has 2 heterocycles. The van der Waals surface area contributed by atoms with Crippen LogP contribution in [0.3, 0.4) is 0 Å². The van der Waals surface area contributed by atoms with Gasteiger partial charge in [-0.1, -0.05) is 11.3 Å². The van der Waals surface area contributed by atoms with Crippen molar-refractivity contribution in [2.24, 2.45) is 0 Å². The second-order valence-corrected chi connectivity index (χ2v) is 6.05. The average Bonchev–Trinajstić information content (AvgIpc) is 3.04. The highest BCUT2D eigenvalue weighted by atomic mass is 19.3. The SMILES string of the molecule is Cc1ccc(OCc2cn(-c3ccc(F)c(C(C)(F)F)c3)nn2)nc1C. The minimum Gasteiger partial charge on any atom is -0.471 e. The van der Waals surface area contributed by atoms with Crippen LogP contribution in [0.2, 0.25) is 0 Å². The molecule has 3 aromatic rings. The summed E-state index contributed by atoms with van der Waals surface area (Å²) in [4.78, 5) is 4.30. The van der Waals surface area contributed by atoms with Crippen molar-refractivity contribution < 1.29 is 17.9 Å². The van der Waals surface area contributed by atoms with Gasteiger partial charge in [-0.25, -0.2) is 22.8 Å². The summed E-state index contributed by atoms with van der Waals surface area (Å²) in [7, 11) is 0. The van der Waals surface area contributed by atoms with E-state index in [9.17, 15) is 13.2 Å². The fourth-order valence-corrected chi connectivity index (χ4v) is 2.32. The maximum Gasteiger partial charge on any atom is 0.273 e. The number of aryl methyl sites for hydroxylation is 2. The molecule has 0 atom stereocenters. The van der Waals surface area contributed by atoms with Crippen LogP contribution in [0.15, 0.2) is 36.5 Å². The first-order valence-corrected chi connectivity index (χ1v) is 7.90. The summed E-state index contributed by atoms with van der Waals surface area (Å²) in [6.07, 6.45) is 1.53. The zero-order valence-corrected chi connectivity index (χ0v) is 14.5. The summed E-state index contributed by atoms with van der Waals surface area (Å²) in [5, 5.41) is 7.82. The molecule has 0 aliphatic rings. The van der Waals surface area contributed by atoms with Crippen molar-refractivity contribution in [1.82, 2.24) is 20.0 Å². The van der Waals surface area contributed by atoms with Crippen LogP contribution in [-0.4, -0.2) is 20.0 Å². The van der Waals surface area contributed by atoms with Crippen LogP contribution in [0.4, 0.5) is 13.2 Å². The molecule has 0 amide bonds. The van der Waals surface area contributed by atoms with Crippen molar-refractivity contribution in [3.05, 3.63) is 64.9 Å². The van der Waals surface area contributed by atoms with Crippen LogP contribution in [0.25, 0.3) is 5.69 Å². The van der Waals surface area contributed by atoms with Crippen LogP contribution in [0.1, 0.15) is 29.4 Å². The maximum atomic E-state index is 13.6. The Kier molecular flexibility index (Phi) is 4.67. The van der Waals surface area contributed by atoms with Crippen LogP contribution in [0.5, 0.6) is 5.88 Å². The van der Waals surface area contributed by atoms with E-state index < -0.39 is 17.3 Å². The summed E-state index contributed by atoms with van der Waals surface area (Å²) < 4.78 is 47.4. The highest BCUT2D eigenvalue weighted by Crippen LogP contribution is 2.30. The molecule has 0 radical (unpaired) electrons. The molecule has 2 aromatic heterocycles. The Morgan fingerprint density at radius 3 is 2.62 bits per heavy atom. The number of halogens is 3. The lowest BCUT2D eigenvalue weighted by atomic mass is 10.1. The van der Waals surface area contributed by atoms with E-state index in [2.05, 4.69) is 15.3 Å². The lowest BCUT2D eigenvalue weighted by Crippen LogP contribution is -2.11. The van der Waals surface area contributed by atoms with Crippen molar-refractivity contribution in [3.63, 3.8) is 0 Å². The van der Waals surface area contributed by atoms with Crippen LogP contribution in [0, 0.1) is 19.7 Å². The molecule has 0 saturated carbocycles. The third kappa shape index (κ3) is 3.84. The van der Waals surface area contributed by atoms with Gasteiger partial charge in [-0.15, -0.1) is 5.10 Å². The van der Waals surface area contributed by atoms with Crippen LogP contribution in [-0.2, 0) is 12.5 Å². The van der Waals surface area contributed by atoms with Gasteiger partial charge in [0.25, 0.3) is 5.92 Å². The smallest absolute Gasteiger partial charge is 0.273 e. The van der Waals surface area contributed by atoms with E-state index in [1.165, 1.54) is 16.9 Å². The Bertz CT molecular complexity index is 934. The molecule has 0 fully saturated rings. The summed E-state index contributed by atoms with van der Waals surface area (Å²) in [5.74, 6) is -3.80. The van der Waals surface area contributed by atoms with Crippen LogP contribution >= 0.6 is 0 Å². The van der Waals surface area contributed by atoms with Crippen molar-refractivity contribution >= 4 is 0 Å². The standard InChI is InChI=1S/C18H17F3N4O/c1-11-4-7-17(22-12(11)2)26-10-13-9-25(24-23-13)14-5-6-16(19)15(8-14)18(3,20)21/h4-9H,10H2,1-3H3. The first kappa shape index (κ1) is 17.9. The topological polar surface area (TPSA) is 52.8 Å². The average molecular weight is 362 g/mol. The number of alkyl halides is 2. The molecule has 1 aromatic carbocycles. The number of pyridine rings is 1. The number of benzene rings is 1. The Hall–Kier alpha value is -2.90. The zero-order valence-electron chi connectivity index (χ0n) is 14.5. The zero-order chi connectivity index (χ0) is 18.9. The summed E-state index contributed by atoms with van der Waals surface area (Å²) >= 11 is 0. The molecule has 5 nitrogen and oxygen atoms in total. The molecular weight excluding hydrogens is 345 g/mol. The largest absolute Gasteiger partial charge is 0.471 e. The van der Waals surface area contributed by atoms with Crippen LogP contribution < -0.4 is 4.74 Å². The second kappa shape index (κ2) is 6.78. The molecule has 3 rings (SSSR count). The van der Waals surface area contributed by atoms with Gasteiger partial charge in [0.05, 0.1) is 17.4 Å². The van der Waals surface area contributed by atoms with Gasteiger partial charge >= 0.3 is 0 Å². The molecular formula is C18H17F3N4O. The Morgan fingerprint density at radius 1 is 1.15 bits per heavy atom. The Labute approximate surface area is 148 Å². The predicted octanol–water partition coefficient (Wildman–Crippen LogP) is 4.11. The molecule has 0 saturated heterocycles. The predicted molar refractivity (Wildman–Crippen MR) is 88.9 cm³/mol. The van der Waals surface area contributed by atoms with Crippen molar-refractivity contribution in [3.8, 4) is 11.6 Å². The summed E-state index contributed by atoms with van der Waals surface area (Å²) in [5.41, 5.74) is 2.00. The van der Waals surface area contributed by atoms with Gasteiger partial charge in [0.15, 0.2) is 0 Å². The second-order valence-electron chi connectivity index (χ2n) is 6.05. The van der Waals surface area contributed by atoms with Gasteiger partial charge in [-0.05, 0) is 37.6 Å². The van der Waals surface area contributed by atoms with E-state index in [-0.39, 0.29) is 12.3 Å². The number of nitrogens with zero attached hydrogens (tertiary/aromatic N) is 4. The van der Waals surface area contributed by atoms with E-state index in [4.69, 9.17) is 4.74 Å². The van der Waals surface area contributed by atoms with Gasteiger partial charge in [-0.2, -0.15) is 0 Å². The van der Waals surface area contributed by atoms with E-state index in [0.29, 0.717) is 18.5 Å². The Morgan fingerprint density at radius 2 is 1.92 bits per heavy atom. The fraction of sp³-hybridized carbons (Fsp3) is 0.278. The van der Waals surface area contributed by atoms with Gasteiger partial charge < -0.3 is 4.74 Å². The third-order valence-electron chi connectivity index (χ3n) is 3.92. The van der Waals surface area contributed by atoms with Gasteiger partial charge in [0.2, 0.25) is 5.88 Å². The van der Waals surface area contributed by atoms with E-state index in [1.54, 1.807) is 6.07 Å². The fourth-order valence-electron chi connectivity index (χ4n) is 2.32. The lowest BCUT2D eigenvalue weighted by molar-refractivity contribution is 0.0137. The lowest BCUT2D eigenvalue weighted by Gasteiger charge is -2.12. The minimum absolute atomic E-state index is 0.119. The van der Waals surface area contributed by atoms with E-state index in [0.717, 1.165) is 23.4 Å². The van der Waals surface area contributed by atoms with Crippen molar-refractivity contribution in [2.45, 2.75) is 33.3 Å². The number of ether oxygens (including phenoxy) is 1. The van der Waals surface area contributed by atoms with Gasteiger partial charge in [-0.3, -0.25) is 0 Å². The normalized spacial score (nSPS) is 11.6. The van der Waals surface area contributed by atoms with E-state index >= 15 is 0 Å². The monoisotopic (exact) mass is 362 g/mol. The first-order valence-electron chi connectivity index (χ1n) is 7.90. The summed E-state index contributed by atoms with van der Waals surface area (Å²) in [6.45, 7) is 4.60. The number of aromatic nitrogens is 4. The van der Waals surface area contributed by atoms with E-state index in [1.807, 2.05) is 19.9 Å². The molecule has 136 valence electrons. The maximum absolute atomic E-state index is 13.6. The minimum atomic E-state index is -3.29. The van der Waals surface area contributed by atoms with Crippen molar-refractivity contribution in [2.75, 3.05) is 0 Å². The molecule has 0 bridgehead atoms. The number of rotatable bonds is 5. The molecule has 0 N–H and O–H groups in total. The van der Waals surface area contributed by atoms with Crippen molar-refractivity contribution in [1.29, 1.82) is 0 Å². The third-order valence-corrected chi connectivity index (χ3v) is 3.92. The Balaban J connectivity index is 1.76. The summed E-state index contributed by atoms with van der Waals surface area (Å²) in [6, 6.07) is 7.05. The highest BCUT2D eigenvalue weighted by Gasteiger charge is 2.28. The molecule has 26 heavy (non-hydrogen) atoms. The number of hydrogen-bond donors (Lipinski definition) is 0. The number of hydrogen-bond acceptors (Lipinski definition) is 4. The molecule has 0 aliphatic carbocycles.